The first-order valence-corrected chi connectivity index (χ1v) is 5.30. The van der Waals surface area contributed by atoms with Crippen molar-refractivity contribution in [2.45, 2.75) is 24.9 Å². The van der Waals surface area contributed by atoms with E-state index in [0.717, 1.165) is 24.0 Å². The van der Waals surface area contributed by atoms with E-state index in [1.165, 1.54) is 0 Å². The Kier molecular flexibility index (Phi) is 2.00. The lowest BCUT2D eigenvalue weighted by atomic mass is 10.0. The van der Waals surface area contributed by atoms with Crippen LogP contribution in [-0.2, 0) is 6.42 Å². The van der Waals surface area contributed by atoms with E-state index in [1.54, 1.807) is 0 Å². The average molecular weight is 216 g/mol. The van der Waals surface area contributed by atoms with Crippen LogP contribution in [0.15, 0.2) is 24.3 Å². The van der Waals surface area contributed by atoms with Crippen LogP contribution < -0.4 is 0 Å². The van der Waals surface area contributed by atoms with Crippen LogP contribution in [0.5, 0.6) is 0 Å². The summed E-state index contributed by atoms with van der Waals surface area (Å²) in [5.41, 5.74) is 1.58. The zero-order chi connectivity index (χ0) is 11.0. The van der Waals surface area contributed by atoms with Crippen LogP contribution in [0, 0.1) is 0 Å². The number of hydrogen-bond donors (Lipinski definition) is 2. The molecule has 5 nitrogen and oxygen atoms in total. The van der Waals surface area contributed by atoms with Crippen LogP contribution in [0.1, 0.15) is 18.4 Å². The monoisotopic (exact) mass is 216 g/mol. The van der Waals surface area contributed by atoms with Gasteiger partial charge in [0, 0.05) is 12.0 Å². The summed E-state index contributed by atoms with van der Waals surface area (Å²) in [6, 6.07) is 7.90. The first-order chi connectivity index (χ1) is 7.75. The van der Waals surface area contributed by atoms with Crippen LogP contribution in [-0.4, -0.2) is 31.3 Å². The second-order valence-electron chi connectivity index (χ2n) is 4.34. The summed E-state index contributed by atoms with van der Waals surface area (Å²) >= 11 is 0. The predicted octanol–water partition coefficient (Wildman–Crippen LogP) is 0.934. The van der Waals surface area contributed by atoms with E-state index >= 15 is 0 Å². The van der Waals surface area contributed by atoms with E-state index in [2.05, 4.69) is 20.6 Å². The number of nitrogens with one attached hydrogen (secondary N) is 1. The molecule has 16 heavy (non-hydrogen) atoms. The lowest BCUT2D eigenvalue weighted by molar-refractivity contribution is 0.151. The summed E-state index contributed by atoms with van der Waals surface area (Å²) < 4.78 is 0. The van der Waals surface area contributed by atoms with Crippen molar-refractivity contribution in [2.75, 3.05) is 0 Å². The molecule has 82 valence electrons. The van der Waals surface area contributed by atoms with Crippen molar-refractivity contribution in [3.8, 4) is 11.4 Å². The van der Waals surface area contributed by atoms with Gasteiger partial charge in [0.2, 0.25) is 5.82 Å². The second kappa shape index (κ2) is 3.38. The molecule has 0 amide bonds. The minimum atomic E-state index is -0.462. The molecule has 1 fully saturated rings. The smallest absolute Gasteiger partial charge is 0.204 e. The molecule has 3 rings (SSSR count). The van der Waals surface area contributed by atoms with Gasteiger partial charge in [-0.05, 0) is 29.7 Å². The Morgan fingerprint density at radius 1 is 1.38 bits per heavy atom. The number of aliphatic hydroxyl groups is 1. The van der Waals surface area contributed by atoms with E-state index < -0.39 is 5.60 Å². The molecule has 0 atom stereocenters. The fraction of sp³-hybridized carbons (Fsp3) is 0.364. The quantitative estimate of drug-likeness (QED) is 0.800. The first-order valence-electron chi connectivity index (χ1n) is 5.30. The van der Waals surface area contributed by atoms with Gasteiger partial charge in [0.1, 0.15) is 0 Å². The lowest BCUT2D eigenvalue weighted by Crippen LogP contribution is -2.10. The van der Waals surface area contributed by atoms with Gasteiger partial charge in [-0.3, -0.25) is 0 Å². The Hall–Kier alpha value is -1.75. The van der Waals surface area contributed by atoms with Crippen molar-refractivity contribution in [3.63, 3.8) is 0 Å². The molecule has 1 aromatic heterocycles. The third-order valence-electron chi connectivity index (χ3n) is 2.89. The van der Waals surface area contributed by atoms with Gasteiger partial charge < -0.3 is 5.11 Å². The van der Waals surface area contributed by atoms with Crippen molar-refractivity contribution < 1.29 is 5.11 Å². The molecule has 5 heteroatoms. The third kappa shape index (κ3) is 1.81. The van der Waals surface area contributed by atoms with Crippen LogP contribution in [0.2, 0.25) is 0 Å². The van der Waals surface area contributed by atoms with Crippen LogP contribution in [0.4, 0.5) is 0 Å². The molecule has 1 saturated carbocycles. The average Bonchev–Trinajstić information content (AvgIpc) is 2.84. The van der Waals surface area contributed by atoms with E-state index in [-0.39, 0.29) is 0 Å². The molecule has 2 aromatic rings. The first kappa shape index (κ1) is 9.47. The van der Waals surface area contributed by atoms with Crippen molar-refractivity contribution in [1.82, 2.24) is 20.6 Å². The molecule has 0 aliphatic heterocycles. The van der Waals surface area contributed by atoms with Crippen LogP contribution in [0.3, 0.4) is 0 Å². The number of tetrazole rings is 1. The lowest BCUT2D eigenvalue weighted by Gasteiger charge is -2.07. The zero-order valence-corrected chi connectivity index (χ0v) is 8.72. The molecular formula is C11H12N4O. The molecule has 0 radical (unpaired) electrons. The van der Waals surface area contributed by atoms with Crippen LogP contribution >= 0.6 is 0 Å². The summed E-state index contributed by atoms with van der Waals surface area (Å²) in [6.45, 7) is 0. The summed E-state index contributed by atoms with van der Waals surface area (Å²) in [5, 5.41) is 23.7. The normalized spacial score (nSPS) is 17.3. The molecule has 1 aliphatic carbocycles. The maximum atomic E-state index is 9.85. The topological polar surface area (TPSA) is 74.7 Å². The summed E-state index contributed by atoms with van der Waals surface area (Å²) in [5.74, 6) is 0.588. The standard InChI is InChI=1S/C11H12N4O/c16-11(4-5-11)7-8-2-1-3-9(6-8)10-12-14-15-13-10/h1-3,6,16H,4-5,7H2,(H,12,13,14,15). The number of aromatic amines is 1. The molecule has 1 heterocycles. The SMILES string of the molecule is OC1(Cc2cccc(-c3nn[nH]n3)c2)CC1. The molecule has 0 spiro atoms. The maximum absolute atomic E-state index is 9.85. The number of nitrogens with zero attached hydrogens (tertiary/aromatic N) is 3. The fourth-order valence-corrected chi connectivity index (χ4v) is 1.81. The Bertz CT molecular complexity index is 490. The molecule has 1 aromatic carbocycles. The number of H-pyrrole nitrogens is 1. The van der Waals surface area contributed by atoms with E-state index in [4.69, 9.17) is 0 Å². The predicted molar refractivity (Wildman–Crippen MR) is 57.5 cm³/mol. The highest BCUT2D eigenvalue weighted by Gasteiger charge is 2.40. The maximum Gasteiger partial charge on any atom is 0.204 e. The van der Waals surface area contributed by atoms with Crippen molar-refractivity contribution in [3.05, 3.63) is 29.8 Å². The Morgan fingerprint density at radius 2 is 2.25 bits per heavy atom. The largest absolute Gasteiger partial charge is 0.390 e. The highest BCUT2D eigenvalue weighted by molar-refractivity contribution is 5.55. The van der Waals surface area contributed by atoms with Gasteiger partial charge >= 0.3 is 0 Å². The molecule has 2 N–H and O–H groups in total. The van der Waals surface area contributed by atoms with Gasteiger partial charge in [-0.25, -0.2) is 0 Å². The van der Waals surface area contributed by atoms with Crippen LogP contribution in [0.25, 0.3) is 11.4 Å². The highest BCUT2D eigenvalue weighted by Crippen LogP contribution is 2.38. The zero-order valence-electron chi connectivity index (χ0n) is 8.72. The number of hydrogen-bond acceptors (Lipinski definition) is 4. The van der Waals surface area contributed by atoms with Gasteiger partial charge in [-0.1, -0.05) is 18.2 Å². The minimum absolute atomic E-state index is 0.462. The van der Waals surface area contributed by atoms with Gasteiger partial charge in [0.25, 0.3) is 0 Å². The Labute approximate surface area is 92.5 Å². The second-order valence-corrected chi connectivity index (χ2v) is 4.34. The summed E-state index contributed by atoms with van der Waals surface area (Å²) in [4.78, 5) is 0. The van der Waals surface area contributed by atoms with Gasteiger partial charge in [0.15, 0.2) is 0 Å². The number of benzene rings is 1. The highest BCUT2D eigenvalue weighted by atomic mass is 16.3. The third-order valence-corrected chi connectivity index (χ3v) is 2.89. The summed E-state index contributed by atoms with van der Waals surface area (Å²) in [7, 11) is 0. The molecule has 0 unspecified atom stereocenters. The number of rotatable bonds is 3. The number of aromatic nitrogens is 4. The van der Waals surface area contributed by atoms with Crippen molar-refractivity contribution in [2.24, 2.45) is 0 Å². The van der Waals surface area contributed by atoms with E-state index in [9.17, 15) is 5.11 Å². The van der Waals surface area contributed by atoms with Crippen molar-refractivity contribution in [1.29, 1.82) is 0 Å². The minimum Gasteiger partial charge on any atom is -0.390 e. The van der Waals surface area contributed by atoms with Gasteiger partial charge in [-0.2, -0.15) is 5.21 Å². The molecule has 0 bridgehead atoms. The fourth-order valence-electron chi connectivity index (χ4n) is 1.81. The molecule has 1 aliphatic rings. The van der Waals surface area contributed by atoms with E-state index in [1.807, 2.05) is 24.3 Å². The molecule has 0 saturated heterocycles. The van der Waals surface area contributed by atoms with E-state index in [0.29, 0.717) is 12.2 Å². The Morgan fingerprint density at radius 3 is 2.94 bits per heavy atom. The van der Waals surface area contributed by atoms with Crippen molar-refractivity contribution >= 4 is 0 Å². The summed E-state index contributed by atoms with van der Waals surface area (Å²) in [6.07, 6.45) is 2.51. The van der Waals surface area contributed by atoms with Gasteiger partial charge in [0.05, 0.1) is 5.60 Å². The molecular weight excluding hydrogens is 204 g/mol. The Balaban J connectivity index is 1.88. The van der Waals surface area contributed by atoms with Gasteiger partial charge in [-0.15, -0.1) is 10.2 Å².